The van der Waals surface area contributed by atoms with Crippen LogP contribution in [0.25, 0.3) is 5.53 Å². The molecule has 1 rings (SSSR count). The molecule has 8 heavy (non-hydrogen) atoms. The molecule has 1 aliphatic rings. The average molecular weight is 112 g/mol. The highest BCUT2D eigenvalue weighted by Crippen LogP contribution is 1.83. The van der Waals surface area contributed by atoms with Crippen LogP contribution in [0.3, 0.4) is 0 Å². The van der Waals surface area contributed by atoms with Gasteiger partial charge < -0.3 is 10.3 Å². The Labute approximate surface area is 45.3 Å². The number of hydrogen-bond donors (Lipinski definition) is 2. The van der Waals surface area contributed by atoms with Crippen LogP contribution >= 0.6 is 0 Å². The molecule has 0 radical (unpaired) electrons. The van der Waals surface area contributed by atoms with E-state index < -0.39 is 0 Å². The SMILES string of the molecule is [N-]=[N+]=C1CC(=O)NN1. The Kier molecular flexibility index (Phi) is 0.980. The Balaban J connectivity index is 2.70. The molecule has 1 heterocycles. The van der Waals surface area contributed by atoms with Crippen LogP contribution in [0.2, 0.25) is 0 Å². The van der Waals surface area contributed by atoms with Gasteiger partial charge in [-0.2, -0.15) is 10.9 Å². The van der Waals surface area contributed by atoms with E-state index in [0.29, 0.717) is 0 Å². The maximum Gasteiger partial charge on any atom is 0.359 e. The number of carbonyl (C=O) groups excluding carboxylic acids is 1. The van der Waals surface area contributed by atoms with Crippen LogP contribution in [0, 0.1) is 0 Å². The van der Waals surface area contributed by atoms with Gasteiger partial charge in [0.15, 0.2) is 0 Å². The first-order valence-corrected chi connectivity index (χ1v) is 2.08. The Morgan fingerprint density at radius 2 is 2.38 bits per heavy atom. The van der Waals surface area contributed by atoms with Crippen LogP contribution in [-0.4, -0.2) is 16.5 Å². The van der Waals surface area contributed by atoms with Crippen molar-refractivity contribution in [2.75, 3.05) is 0 Å². The zero-order valence-electron chi connectivity index (χ0n) is 4.01. The van der Waals surface area contributed by atoms with Gasteiger partial charge in [0.05, 0.1) is 0 Å². The second-order valence-electron chi connectivity index (χ2n) is 1.40. The first-order valence-electron chi connectivity index (χ1n) is 2.08. The van der Waals surface area contributed by atoms with Crippen LogP contribution in [0.1, 0.15) is 6.42 Å². The Hall–Kier alpha value is -1.35. The summed E-state index contributed by atoms with van der Waals surface area (Å²) in [5.41, 5.74) is 12.6. The fourth-order valence-electron chi connectivity index (χ4n) is 0.443. The average Bonchev–Trinajstić information content (AvgIpc) is 2.14. The van der Waals surface area contributed by atoms with E-state index in [4.69, 9.17) is 5.53 Å². The second kappa shape index (κ2) is 1.63. The van der Waals surface area contributed by atoms with E-state index in [-0.39, 0.29) is 18.2 Å². The number of amidine groups is 1. The van der Waals surface area contributed by atoms with Gasteiger partial charge >= 0.3 is 5.84 Å². The topological polar surface area (TPSA) is 77.5 Å². The Morgan fingerprint density at radius 1 is 1.62 bits per heavy atom. The molecule has 0 bridgehead atoms. The number of hydrogen-bond acceptors (Lipinski definition) is 1. The second-order valence-corrected chi connectivity index (χ2v) is 1.40. The minimum Gasteiger partial charge on any atom is -0.497 e. The van der Waals surface area contributed by atoms with Crippen molar-refractivity contribution in [3.8, 4) is 0 Å². The molecule has 0 saturated carbocycles. The van der Waals surface area contributed by atoms with Crippen molar-refractivity contribution in [1.82, 2.24) is 10.9 Å². The molecule has 1 amide bonds. The highest BCUT2D eigenvalue weighted by Gasteiger charge is 2.22. The molecule has 1 aliphatic heterocycles. The third-order valence-corrected chi connectivity index (χ3v) is 0.795. The van der Waals surface area contributed by atoms with E-state index in [2.05, 4.69) is 15.6 Å². The van der Waals surface area contributed by atoms with Crippen LogP contribution in [0.15, 0.2) is 0 Å². The molecule has 5 nitrogen and oxygen atoms in total. The Bertz CT molecular complexity index is 168. The number of carbonyl (C=O) groups is 1. The standard InChI is InChI=1S/C3H4N4O/c4-5-2-1-3(8)7-6-2/h6H,1H2,(H,7,8). The Morgan fingerprint density at radius 3 is 2.62 bits per heavy atom. The molecule has 5 heteroatoms. The van der Waals surface area contributed by atoms with E-state index in [9.17, 15) is 4.79 Å². The maximum atomic E-state index is 10.2. The van der Waals surface area contributed by atoms with Gasteiger partial charge in [0.25, 0.3) is 5.91 Å². The molecule has 0 aromatic rings. The van der Waals surface area contributed by atoms with Gasteiger partial charge in [0.1, 0.15) is 6.42 Å². The zero-order valence-corrected chi connectivity index (χ0v) is 4.01. The fourth-order valence-corrected chi connectivity index (χ4v) is 0.443. The van der Waals surface area contributed by atoms with E-state index in [1.54, 1.807) is 0 Å². The van der Waals surface area contributed by atoms with E-state index in [1.807, 2.05) is 0 Å². The van der Waals surface area contributed by atoms with Gasteiger partial charge in [0, 0.05) is 0 Å². The lowest BCUT2D eigenvalue weighted by molar-refractivity contribution is -0.119. The quantitative estimate of drug-likeness (QED) is 0.300. The molecule has 0 aliphatic carbocycles. The number of hydrazine groups is 1. The summed E-state index contributed by atoms with van der Waals surface area (Å²) in [5.74, 6) is 0.0767. The number of rotatable bonds is 0. The summed E-state index contributed by atoms with van der Waals surface area (Å²) in [6, 6.07) is 0. The van der Waals surface area contributed by atoms with E-state index >= 15 is 0 Å². The molecule has 42 valence electrons. The molecule has 1 saturated heterocycles. The predicted octanol–water partition coefficient (Wildman–Crippen LogP) is -1.36. The monoisotopic (exact) mass is 112 g/mol. The number of nitrogens with zero attached hydrogens (tertiary/aromatic N) is 2. The highest BCUT2D eigenvalue weighted by atomic mass is 16.2. The molecule has 0 unspecified atom stereocenters. The normalized spacial score (nSPS) is 17.0. The molecule has 0 aromatic carbocycles. The van der Waals surface area contributed by atoms with Crippen LogP contribution in [-0.2, 0) is 4.79 Å². The lowest BCUT2D eigenvalue weighted by Crippen LogP contribution is -2.28. The van der Waals surface area contributed by atoms with E-state index in [1.165, 1.54) is 0 Å². The van der Waals surface area contributed by atoms with Crippen molar-refractivity contribution in [3.05, 3.63) is 5.53 Å². The van der Waals surface area contributed by atoms with Gasteiger partial charge in [-0.1, -0.05) is 0 Å². The number of amides is 1. The third kappa shape index (κ3) is 0.665. The van der Waals surface area contributed by atoms with Gasteiger partial charge in [-0.25, -0.2) is 0 Å². The zero-order chi connectivity index (χ0) is 5.98. The third-order valence-electron chi connectivity index (χ3n) is 0.795. The number of nitrogens with one attached hydrogen (secondary N) is 2. The van der Waals surface area contributed by atoms with Gasteiger partial charge in [-0.3, -0.25) is 4.79 Å². The van der Waals surface area contributed by atoms with Crippen LogP contribution in [0.4, 0.5) is 0 Å². The molecule has 0 atom stereocenters. The predicted molar refractivity (Wildman–Crippen MR) is 24.5 cm³/mol. The summed E-state index contributed by atoms with van der Waals surface area (Å²) in [6.45, 7) is 0. The highest BCUT2D eigenvalue weighted by molar-refractivity contribution is 6.02. The first kappa shape index (κ1) is 4.80. The molecule has 2 N–H and O–H groups in total. The van der Waals surface area contributed by atoms with Gasteiger partial charge in [0.2, 0.25) is 0 Å². The maximum absolute atomic E-state index is 10.2. The smallest absolute Gasteiger partial charge is 0.359 e. The van der Waals surface area contributed by atoms with Crippen molar-refractivity contribution in [1.29, 1.82) is 0 Å². The summed E-state index contributed by atoms with van der Waals surface area (Å²) >= 11 is 0. The van der Waals surface area contributed by atoms with Crippen molar-refractivity contribution in [2.24, 2.45) is 0 Å². The summed E-state index contributed by atoms with van der Waals surface area (Å²) in [5, 5.41) is 0. The largest absolute Gasteiger partial charge is 0.497 e. The van der Waals surface area contributed by atoms with Crippen LogP contribution in [0.5, 0.6) is 0 Å². The minimum absolute atomic E-state index is 0.135. The lowest BCUT2D eigenvalue weighted by atomic mass is 10.4. The van der Waals surface area contributed by atoms with Crippen LogP contribution < -0.4 is 10.9 Å². The molecular formula is C3H4N4O. The van der Waals surface area contributed by atoms with Crippen molar-refractivity contribution in [2.45, 2.75) is 6.42 Å². The summed E-state index contributed by atoms with van der Waals surface area (Å²) < 4.78 is 0. The van der Waals surface area contributed by atoms with Gasteiger partial charge in [-0.05, 0) is 0 Å². The summed E-state index contributed by atoms with van der Waals surface area (Å²) in [7, 11) is 0. The molecule has 0 aromatic heterocycles. The fraction of sp³-hybridized carbons (Fsp3) is 0.333. The van der Waals surface area contributed by atoms with Gasteiger partial charge in [-0.15, -0.1) is 0 Å². The summed E-state index contributed by atoms with van der Waals surface area (Å²) in [6.07, 6.45) is 0.135. The molecule has 0 spiro atoms. The van der Waals surface area contributed by atoms with Crippen molar-refractivity contribution < 1.29 is 9.58 Å². The first-order chi connectivity index (χ1) is 3.83. The van der Waals surface area contributed by atoms with E-state index in [0.717, 1.165) is 0 Å². The summed E-state index contributed by atoms with van der Waals surface area (Å²) in [4.78, 5) is 13.0. The van der Waals surface area contributed by atoms with Crippen molar-refractivity contribution >= 4 is 11.7 Å². The molecule has 1 fully saturated rings. The molecular weight excluding hydrogens is 108 g/mol. The lowest BCUT2D eigenvalue weighted by Gasteiger charge is -1.77. The minimum atomic E-state index is -0.183. The van der Waals surface area contributed by atoms with Crippen molar-refractivity contribution in [3.63, 3.8) is 0 Å².